The molecule has 0 amide bonds. The van der Waals surface area contributed by atoms with Gasteiger partial charge in [0.2, 0.25) is 0 Å². The molecule has 5 heteroatoms. The minimum absolute atomic E-state index is 0.319. The number of aromatic nitrogens is 2. The SMILES string of the molecule is OC[C@H]1CN(CCc2ccccc2)CCC12CCN(Cc1ncc[nH]1)CC2. The maximum Gasteiger partial charge on any atom is 0.120 e. The van der Waals surface area contributed by atoms with E-state index >= 15 is 0 Å². The van der Waals surface area contributed by atoms with Crippen molar-refractivity contribution in [2.75, 3.05) is 39.3 Å². The fourth-order valence-corrected chi connectivity index (χ4v) is 4.98. The van der Waals surface area contributed by atoms with Crippen LogP contribution in [0.2, 0.25) is 0 Å². The van der Waals surface area contributed by atoms with Gasteiger partial charge in [-0.05, 0) is 56.3 Å². The predicted molar refractivity (Wildman–Crippen MR) is 107 cm³/mol. The fourth-order valence-electron chi connectivity index (χ4n) is 4.98. The Kier molecular flexibility index (Phi) is 5.91. The summed E-state index contributed by atoms with van der Waals surface area (Å²) in [7, 11) is 0. The van der Waals surface area contributed by atoms with Gasteiger partial charge in [0, 0.05) is 38.0 Å². The molecule has 2 N–H and O–H groups in total. The Morgan fingerprint density at radius 1 is 1.07 bits per heavy atom. The standard InChI is InChI=1S/C22H32N4O/c27-18-20-16-25(12-6-19-4-2-1-3-5-19)13-7-22(20)8-14-26(15-9-22)17-21-23-10-11-24-21/h1-5,10-11,20,27H,6-9,12-18H2,(H,23,24)/t20-/m1/s1. The van der Waals surface area contributed by atoms with Crippen molar-refractivity contribution in [3.63, 3.8) is 0 Å². The van der Waals surface area contributed by atoms with E-state index in [1.54, 1.807) is 0 Å². The molecule has 2 aromatic rings. The maximum absolute atomic E-state index is 10.1. The molecule has 0 aliphatic carbocycles. The Labute approximate surface area is 162 Å². The Balaban J connectivity index is 1.29. The van der Waals surface area contributed by atoms with E-state index in [1.165, 1.54) is 31.4 Å². The van der Waals surface area contributed by atoms with E-state index < -0.39 is 0 Å². The minimum Gasteiger partial charge on any atom is -0.396 e. The van der Waals surface area contributed by atoms with Crippen LogP contribution in [0, 0.1) is 11.3 Å². The van der Waals surface area contributed by atoms with Crippen molar-refractivity contribution in [3.8, 4) is 0 Å². The average molecular weight is 369 g/mol. The number of aromatic amines is 1. The smallest absolute Gasteiger partial charge is 0.120 e. The van der Waals surface area contributed by atoms with Crippen molar-refractivity contribution in [2.45, 2.75) is 32.2 Å². The summed E-state index contributed by atoms with van der Waals surface area (Å²) in [5, 5.41) is 10.1. The highest BCUT2D eigenvalue weighted by Gasteiger charge is 2.44. The normalized spacial score (nSPS) is 23.7. The molecule has 1 aromatic heterocycles. The van der Waals surface area contributed by atoms with Gasteiger partial charge in [0.25, 0.3) is 0 Å². The molecule has 1 spiro atoms. The first-order valence-electron chi connectivity index (χ1n) is 10.4. The van der Waals surface area contributed by atoms with E-state index in [4.69, 9.17) is 0 Å². The number of aliphatic hydroxyl groups excluding tert-OH is 1. The van der Waals surface area contributed by atoms with Gasteiger partial charge in [-0.1, -0.05) is 30.3 Å². The number of nitrogens with zero attached hydrogens (tertiary/aromatic N) is 3. The average Bonchev–Trinajstić information content (AvgIpc) is 3.23. The van der Waals surface area contributed by atoms with Gasteiger partial charge in [0.1, 0.15) is 5.82 Å². The predicted octanol–water partition coefficient (Wildman–Crippen LogP) is 2.55. The third kappa shape index (κ3) is 4.42. The third-order valence-corrected chi connectivity index (χ3v) is 6.83. The zero-order valence-electron chi connectivity index (χ0n) is 16.2. The number of hydrogen-bond donors (Lipinski definition) is 2. The molecule has 1 atom stereocenters. The summed E-state index contributed by atoms with van der Waals surface area (Å²) in [6.07, 6.45) is 8.45. The van der Waals surface area contributed by atoms with Gasteiger partial charge in [0.15, 0.2) is 0 Å². The molecule has 2 aliphatic heterocycles. The lowest BCUT2D eigenvalue weighted by Crippen LogP contribution is -2.53. The quantitative estimate of drug-likeness (QED) is 0.823. The van der Waals surface area contributed by atoms with Crippen LogP contribution < -0.4 is 0 Å². The van der Waals surface area contributed by atoms with E-state index in [2.05, 4.69) is 50.1 Å². The number of rotatable bonds is 6. The Bertz CT molecular complexity index is 680. The van der Waals surface area contributed by atoms with Crippen LogP contribution in [0.1, 0.15) is 30.7 Å². The molecule has 27 heavy (non-hydrogen) atoms. The number of benzene rings is 1. The molecular formula is C22H32N4O. The number of aliphatic hydroxyl groups is 1. The second-order valence-electron chi connectivity index (χ2n) is 8.34. The zero-order chi connectivity index (χ0) is 18.5. The van der Waals surface area contributed by atoms with Crippen LogP contribution in [-0.4, -0.2) is 64.2 Å². The molecule has 2 fully saturated rings. The second-order valence-corrected chi connectivity index (χ2v) is 8.34. The molecule has 2 aliphatic rings. The molecule has 0 bridgehead atoms. The molecule has 5 nitrogen and oxygen atoms in total. The van der Waals surface area contributed by atoms with Gasteiger partial charge in [-0.25, -0.2) is 4.98 Å². The lowest BCUT2D eigenvalue weighted by atomic mass is 9.64. The van der Waals surface area contributed by atoms with E-state index in [9.17, 15) is 5.11 Å². The molecule has 0 saturated carbocycles. The van der Waals surface area contributed by atoms with Crippen LogP contribution >= 0.6 is 0 Å². The number of nitrogens with one attached hydrogen (secondary N) is 1. The van der Waals surface area contributed by atoms with Gasteiger partial charge in [-0.3, -0.25) is 4.90 Å². The van der Waals surface area contributed by atoms with Crippen LogP contribution in [-0.2, 0) is 13.0 Å². The number of hydrogen-bond acceptors (Lipinski definition) is 4. The fraction of sp³-hybridized carbons (Fsp3) is 0.591. The molecule has 4 rings (SSSR count). The van der Waals surface area contributed by atoms with Crippen LogP contribution in [0.3, 0.4) is 0 Å². The number of H-pyrrole nitrogens is 1. The molecule has 3 heterocycles. The first-order valence-corrected chi connectivity index (χ1v) is 10.4. The van der Waals surface area contributed by atoms with E-state index in [1.807, 2.05) is 12.4 Å². The van der Waals surface area contributed by atoms with Crippen molar-refractivity contribution in [1.29, 1.82) is 0 Å². The van der Waals surface area contributed by atoms with Gasteiger partial charge >= 0.3 is 0 Å². The van der Waals surface area contributed by atoms with Crippen molar-refractivity contribution in [1.82, 2.24) is 19.8 Å². The minimum atomic E-state index is 0.319. The number of piperidine rings is 2. The Hall–Kier alpha value is -1.69. The second kappa shape index (κ2) is 8.55. The van der Waals surface area contributed by atoms with Crippen LogP contribution in [0.15, 0.2) is 42.7 Å². The molecule has 0 radical (unpaired) electrons. The topological polar surface area (TPSA) is 55.4 Å². The number of imidazole rings is 1. The third-order valence-electron chi connectivity index (χ3n) is 6.83. The van der Waals surface area contributed by atoms with Gasteiger partial charge in [-0.2, -0.15) is 0 Å². The summed E-state index contributed by atoms with van der Waals surface area (Å²) >= 11 is 0. The lowest BCUT2D eigenvalue weighted by Gasteiger charge is -2.51. The monoisotopic (exact) mass is 368 g/mol. The zero-order valence-corrected chi connectivity index (χ0v) is 16.2. The van der Waals surface area contributed by atoms with Gasteiger partial charge in [-0.15, -0.1) is 0 Å². The molecule has 0 unspecified atom stereocenters. The molecule has 1 aromatic carbocycles. The summed E-state index contributed by atoms with van der Waals surface area (Å²) in [4.78, 5) is 12.6. The van der Waals surface area contributed by atoms with Gasteiger partial charge < -0.3 is 15.0 Å². The number of likely N-dealkylation sites (tertiary alicyclic amines) is 2. The van der Waals surface area contributed by atoms with E-state index in [0.717, 1.165) is 45.0 Å². The summed E-state index contributed by atoms with van der Waals surface area (Å²) in [6, 6.07) is 10.7. The van der Waals surface area contributed by atoms with Crippen molar-refractivity contribution in [3.05, 3.63) is 54.1 Å². The van der Waals surface area contributed by atoms with Crippen molar-refractivity contribution in [2.24, 2.45) is 11.3 Å². The van der Waals surface area contributed by atoms with Crippen LogP contribution in [0.4, 0.5) is 0 Å². The van der Waals surface area contributed by atoms with E-state index in [0.29, 0.717) is 17.9 Å². The highest BCUT2D eigenvalue weighted by atomic mass is 16.3. The highest BCUT2D eigenvalue weighted by Crippen LogP contribution is 2.45. The molecule has 146 valence electrons. The molecule has 2 saturated heterocycles. The Morgan fingerprint density at radius 2 is 1.81 bits per heavy atom. The first kappa shape index (κ1) is 18.7. The largest absolute Gasteiger partial charge is 0.396 e. The Morgan fingerprint density at radius 3 is 2.48 bits per heavy atom. The first-order chi connectivity index (χ1) is 13.3. The lowest BCUT2D eigenvalue weighted by molar-refractivity contribution is -0.0428. The summed E-state index contributed by atoms with van der Waals surface area (Å²) < 4.78 is 0. The van der Waals surface area contributed by atoms with Crippen LogP contribution in [0.5, 0.6) is 0 Å². The molecular weight excluding hydrogens is 336 g/mol. The highest BCUT2D eigenvalue weighted by molar-refractivity contribution is 5.15. The van der Waals surface area contributed by atoms with E-state index in [-0.39, 0.29) is 0 Å². The van der Waals surface area contributed by atoms with Crippen molar-refractivity contribution < 1.29 is 5.11 Å². The maximum atomic E-state index is 10.1. The summed E-state index contributed by atoms with van der Waals surface area (Å²) in [5.74, 6) is 1.47. The van der Waals surface area contributed by atoms with Gasteiger partial charge in [0.05, 0.1) is 6.54 Å². The summed E-state index contributed by atoms with van der Waals surface area (Å²) in [5.41, 5.74) is 1.74. The summed E-state index contributed by atoms with van der Waals surface area (Å²) in [6.45, 7) is 6.77. The van der Waals surface area contributed by atoms with Crippen LogP contribution in [0.25, 0.3) is 0 Å². The van der Waals surface area contributed by atoms with Crippen molar-refractivity contribution >= 4 is 0 Å².